The Bertz CT molecular complexity index is 1090. The molecule has 7 nitrogen and oxygen atoms in total. The normalized spacial score (nSPS) is 16.1. The molecule has 154 valence electrons. The zero-order valence-electron chi connectivity index (χ0n) is 16.4. The fourth-order valence-electron chi connectivity index (χ4n) is 3.31. The van der Waals surface area contributed by atoms with Crippen LogP contribution in [-0.2, 0) is 11.4 Å². The highest BCUT2D eigenvalue weighted by Gasteiger charge is 2.33. The standard InChI is InChI=1S/C18H17B3F3N7/c19-18(20,21)31-14-12(8-27-31)13(28-11-4-2-10(3-5-11)17(22,23)24)29-15(30-14)26-9-16(25)6-1-7-16/h2-5,8H,1,6-7,9,25H2,(H2,26,28,29,30). The van der Waals surface area contributed by atoms with E-state index in [-0.39, 0.29) is 17.1 Å². The van der Waals surface area contributed by atoms with E-state index in [1.54, 1.807) is 0 Å². The van der Waals surface area contributed by atoms with Crippen LogP contribution in [0.4, 0.5) is 30.6 Å². The predicted molar refractivity (Wildman–Crippen MR) is 115 cm³/mol. The summed E-state index contributed by atoms with van der Waals surface area (Å²) in [5.41, 5.74) is 5.80. The Balaban J connectivity index is 1.69. The van der Waals surface area contributed by atoms with Crippen molar-refractivity contribution in [3.63, 3.8) is 0 Å². The molecule has 0 saturated heterocycles. The number of hydrogen-bond donors (Lipinski definition) is 3. The van der Waals surface area contributed by atoms with Crippen LogP contribution in [0.25, 0.3) is 11.0 Å². The summed E-state index contributed by atoms with van der Waals surface area (Å²) in [6.07, 6.45) is -0.182. The molecule has 1 aliphatic carbocycles. The van der Waals surface area contributed by atoms with Gasteiger partial charge in [0.25, 0.3) is 0 Å². The largest absolute Gasteiger partial charge is 0.416 e. The third kappa shape index (κ3) is 4.51. The zero-order chi connectivity index (χ0) is 22.4. The van der Waals surface area contributed by atoms with Gasteiger partial charge in [0.15, 0.2) is 5.65 Å². The van der Waals surface area contributed by atoms with Crippen LogP contribution in [0.5, 0.6) is 0 Å². The van der Waals surface area contributed by atoms with Crippen molar-refractivity contribution in [3.8, 4) is 0 Å². The second-order valence-electron chi connectivity index (χ2n) is 7.85. The van der Waals surface area contributed by atoms with Crippen LogP contribution < -0.4 is 16.4 Å². The molecule has 4 N–H and O–H groups in total. The number of anilines is 3. The van der Waals surface area contributed by atoms with E-state index in [0.717, 1.165) is 36.1 Å². The Morgan fingerprint density at radius 1 is 1.10 bits per heavy atom. The molecule has 0 aliphatic heterocycles. The summed E-state index contributed by atoms with van der Waals surface area (Å²) in [5, 5.41) is 8.80. The van der Waals surface area contributed by atoms with E-state index < -0.39 is 17.0 Å². The van der Waals surface area contributed by atoms with Crippen molar-refractivity contribution in [3.05, 3.63) is 36.0 Å². The molecular weight excluding hydrogens is 404 g/mol. The van der Waals surface area contributed by atoms with E-state index in [1.807, 2.05) is 0 Å². The Morgan fingerprint density at radius 3 is 2.32 bits per heavy atom. The molecule has 0 spiro atoms. The van der Waals surface area contributed by atoms with Gasteiger partial charge in [-0.15, -0.1) is 0 Å². The number of alkyl halides is 3. The minimum absolute atomic E-state index is 0.227. The van der Waals surface area contributed by atoms with Gasteiger partial charge >= 0.3 is 6.18 Å². The molecule has 13 heteroatoms. The fraction of sp³-hybridized carbons (Fsp3) is 0.389. The van der Waals surface area contributed by atoms with Gasteiger partial charge in [-0.3, -0.25) is 4.68 Å². The van der Waals surface area contributed by atoms with Crippen molar-refractivity contribution in [2.45, 2.75) is 36.2 Å². The maximum Gasteiger partial charge on any atom is 0.416 e. The van der Waals surface area contributed by atoms with Gasteiger partial charge in [0.1, 0.15) is 5.82 Å². The first kappa shape index (κ1) is 21.5. The lowest BCUT2D eigenvalue weighted by Crippen LogP contribution is -2.52. The molecule has 1 aromatic carbocycles. The van der Waals surface area contributed by atoms with Crippen molar-refractivity contribution >= 4 is 52.0 Å². The molecule has 1 fully saturated rings. The topological polar surface area (TPSA) is 93.7 Å². The maximum atomic E-state index is 12.8. The van der Waals surface area contributed by atoms with Crippen LogP contribution in [0.15, 0.2) is 30.5 Å². The van der Waals surface area contributed by atoms with Crippen molar-refractivity contribution in [1.29, 1.82) is 0 Å². The zero-order valence-corrected chi connectivity index (χ0v) is 16.4. The lowest BCUT2D eigenvalue weighted by atomic mass is 9.49. The lowest BCUT2D eigenvalue weighted by molar-refractivity contribution is -0.137. The summed E-state index contributed by atoms with van der Waals surface area (Å²) >= 11 is 0. The number of hydrogen-bond acceptors (Lipinski definition) is 6. The van der Waals surface area contributed by atoms with Crippen molar-refractivity contribution < 1.29 is 13.2 Å². The number of fused-ring (bicyclic) bond motifs is 1. The summed E-state index contributed by atoms with van der Waals surface area (Å²) in [7, 11) is 17.3. The number of benzene rings is 1. The van der Waals surface area contributed by atoms with Crippen LogP contribution in [0, 0.1) is 0 Å². The smallest absolute Gasteiger partial charge is 0.352 e. The second-order valence-corrected chi connectivity index (χ2v) is 7.85. The molecule has 31 heavy (non-hydrogen) atoms. The predicted octanol–water partition coefficient (Wildman–Crippen LogP) is 1.96. The van der Waals surface area contributed by atoms with Gasteiger partial charge in [-0.2, -0.15) is 28.2 Å². The average Bonchev–Trinajstić information content (AvgIpc) is 3.09. The summed E-state index contributed by atoms with van der Waals surface area (Å²) in [5.74, 6) is 0.520. The van der Waals surface area contributed by atoms with E-state index >= 15 is 0 Å². The van der Waals surface area contributed by atoms with Crippen LogP contribution in [-0.4, -0.2) is 55.4 Å². The first-order valence-electron chi connectivity index (χ1n) is 9.55. The number of nitrogens with one attached hydrogen (secondary N) is 2. The van der Waals surface area contributed by atoms with Crippen LogP contribution >= 0.6 is 0 Å². The number of nitrogens with zero attached hydrogens (tertiary/aromatic N) is 4. The molecule has 1 saturated carbocycles. The molecule has 0 amide bonds. The van der Waals surface area contributed by atoms with E-state index in [0.29, 0.717) is 23.4 Å². The molecule has 2 aromatic heterocycles. The summed E-state index contributed by atoms with van der Waals surface area (Å²) in [4.78, 5) is 8.84. The van der Waals surface area contributed by atoms with E-state index in [9.17, 15) is 13.2 Å². The molecule has 6 radical (unpaired) electrons. The highest BCUT2D eigenvalue weighted by molar-refractivity contribution is 6.56. The molecule has 3 aromatic rings. The van der Waals surface area contributed by atoms with E-state index in [4.69, 9.17) is 29.3 Å². The van der Waals surface area contributed by atoms with Crippen molar-refractivity contribution in [1.82, 2.24) is 19.7 Å². The first-order valence-corrected chi connectivity index (χ1v) is 9.55. The summed E-state index contributed by atoms with van der Waals surface area (Å²) in [6.45, 7) is 0.450. The number of rotatable bonds is 6. The number of aromatic nitrogens is 4. The Labute approximate surface area is 180 Å². The first-order chi connectivity index (χ1) is 14.4. The monoisotopic (exact) mass is 421 g/mol. The molecule has 0 atom stereocenters. The minimum Gasteiger partial charge on any atom is -0.352 e. The fourth-order valence-corrected chi connectivity index (χ4v) is 3.31. The molecule has 0 unspecified atom stereocenters. The molecular formula is C18H17B3F3N7. The second kappa shape index (κ2) is 7.47. The van der Waals surface area contributed by atoms with Gasteiger partial charge in [0.2, 0.25) is 5.95 Å². The third-order valence-corrected chi connectivity index (χ3v) is 5.22. The van der Waals surface area contributed by atoms with E-state index in [1.165, 1.54) is 18.3 Å². The van der Waals surface area contributed by atoms with Crippen molar-refractivity contribution in [2.75, 3.05) is 17.2 Å². The van der Waals surface area contributed by atoms with Crippen LogP contribution in [0.2, 0.25) is 0 Å². The van der Waals surface area contributed by atoms with Gasteiger partial charge in [-0.05, 0) is 48.8 Å². The van der Waals surface area contributed by atoms with Gasteiger partial charge in [0.05, 0.1) is 40.7 Å². The summed E-state index contributed by atoms with van der Waals surface area (Å²) < 4.78 is 39.6. The maximum absolute atomic E-state index is 12.8. The van der Waals surface area contributed by atoms with Crippen LogP contribution in [0.3, 0.4) is 0 Å². The lowest BCUT2D eigenvalue weighted by Gasteiger charge is -2.38. The number of halogens is 3. The molecule has 4 rings (SSSR count). The average molecular weight is 421 g/mol. The van der Waals surface area contributed by atoms with Gasteiger partial charge in [-0.1, -0.05) is 0 Å². The molecule has 0 bridgehead atoms. The Morgan fingerprint density at radius 2 is 1.77 bits per heavy atom. The highest BCUT2D eigenvalue weighted by atomic mass is 19.4. The Kier molecular flexibility index (Phi) is 5.19. The van der Waals surface area contributed by atoms with Crippen LogP contribution in [0.1, 0.15) is 24.8 Å². The SMILES string of the molecule is [B]C([B])([B])n1ncc2c(Nc3ccc(C(F)(F)F)cc3)nc(NCC3(N)CCC3)nc21. The molecule has 1 aliphatic rings. The summed E-state index contributed by atoms with van der Waals surface area (Å²) in [6, 6.07) is 4.55. The minimum atomic E-state index is -4.43. The highest BCUT2D eigenvalue weighted by Crippen LogP contribution is 2.32. The number of nitrogens with two attached hydrogens (primary N) is 1. The van der Waals surface area contributed by atoms with Gasteiger partial charge in [0, 0.05) is 17.8 Å². The quantitative estimate of drug-likeness (QED) is 0.528. The Hall–Kier alpha value is -2.69. The molecule has 2 heterocycles. The van der Waals surface area contributed by atoms with Gasteiger partial charge < -0.3 is 16.4 Å². The third-order valence-electron chi connectivity index (χ3n) is 5.22. The van der Waals surface area contributed by atoms with E-state index in [2.05, 4.69) is 25.7 Å². The van der Waals surface area contributed by atoms with Gasteiger partial charge in [-0.25, -0.2) is 0 Å². The van der Waals surface area contributed by atoms with Crippen molar-refractivity contribution in [2.24, 2.45) is 5.73 Å².